The summed E-state index contributed by atoms with van der Waals surface area (Å²) in [6.07, 6.45) is 0. The molecule has 0 aliphatic carbocycles. The van der Waals surface area contributed by atoms with Crippen LogP contribution in [0.4, 0.5) is 5.69 Å². The lowest BCUT2D eigenvalue weighted by molar-refractivity contribution is -0.384. The Hall–Kier alpha value is -1.62. The summed E-state index contributed by atoms with van der Waals surface area (Å²) in [5.74, 6) is 0. The van der Waals surface area contributed by atoms with Crippen LogP contribution in [-0.2, 0) is 9.53 Å². The maximum Gasteiger partial charge on any atom is 0.294 e. The van der Waals surface area contributed by atoms with Crippen molar-refractivity contribution in [3.05, 3.63) is 39.9 Å². The van der Waals surface area contributed by atoms with Crippen molar-refractivity contribution in [3.8, 4) is 0 Å². The molecule has 0 radical (unpaired) electrons. The maximum absolute atomic E-state index is 10.3. The number of hydrogen-bond acceptors (Lipinski definition) is 4. The monoisotopic (exact) mass is 215 g/mol. The van der Waals surface area contributed by atoms with Gasteiger partial charge in [0.1, 0.15) is 0 Å². The van der Waals surface area contributed by atoms with Gasteiger partial charge in [-0.2, -0.15) is 0 Å². The smallest absolute Gasteiger partial charge is 0.294 e. The van der Waals surface area contributed by atoms with E-state index in [1.165, 1.54) is 24.3 Å². The van der Waals surface area contributed by atoms with E-state index in [1.54, 1.807) is 0 Å². The number of nitrogens with zero attached hydrogens (tertiary/aromatic N) is 1. The predicted molar refractivity (Wildman–Crippen MR) is 48.8 cm³/mol. The molecule has 1 atom stereocenters. The number of non-ortho nitro benzene ring substituents is 1. The van der Waals surface area contributed by atoms with Crippen LogP contribution in [0.1, 0.15) is 11.1 Å². The molecule has 0 N–H and O–H groups in total. The molecule has 1 rings (SSSR count). The first kappa shape index (κ1) is 10.5. The summed E-state index contributed by atoms with van der Waals surface area (Å²) < 4.78 is 4.44. The van der Waals surface area contributed by atoms with Crippen LogP contribution in [-0.4, -0.2) is 11.4 Å². The van der Waals surface area contributed by atoms with E-state index >= 15 is 0 Å². The highest BCUT2D eigenvalue weighted by Crippen LogP contribution is 2.22. The quantitative estimate of drug-likeness (QED) is 0.333. The zero-order chi connectivity index (χ0) is 10.6. The number of ether oxygens (including phenoxy) is 1. The molecule has 0 spiro atoms. The van der Waals surface area contributed by atoms with E-state index in [1.807, 2.05) is 0 Å². The van der Waals surface area contributed by atoms with Gasteiger partial charge in [0.15, 0.2) is 0 Å². The lowest BCUT2D eigenvalue weighted by Gasteiger charge is -2.06. The van der Waals surface area contributed by atoms with Crippen LogP contribution in [0.25, 0.3) is 0 Å². The van der Waals surface area contributed by atoms with Gasteiger partial charge in [0.25, 0.3) is 12.2 Å². The Morgan fingerprint density at radius 3 is 2.43 bits per heavy atom. The number of carbonyl (C=O) groups is 1. The summed E-state index contributed by atoms with van der Waals surface area (Å²) >= 11 is 5.61. The lowest BCUT2D eigenvalue weighted by atomic mass is 10.2. The van der Waals surface area contributed by atoms with E-state index in [2.05, 4.69) is 4.74 Å². The molecule has 0 aromatic heterocycles. The van der Waals surface area contributed by atoms with Gasteiger partial charge in [0.05, 0.1) is 4.92 Å². The van der Waals surface area contributed by atoms with E-state index in [0.717, 1.165) is 0 Å². The van der Waals surface area contributed by atoms with Crippen molar-refractivity contribution in [3.63, 3.8) is 0 Å². The molecule has 5 nitrogen and oxygen atoms in total. The normalized spacial score (nSPS) is 11.8. The van der Waals surface area contributed by atoms with Crippen LogP contribution in [0, 0.1) is 10.1 Å². The maximum atomic E-state index is 10.3. The van der Waals surface area contributed by atoms with E-state index in [-0.39, 0.29) is 12.2 Å². The molecule has 0 amide bonds. The number of nitro benzene ring substituents is 1. The summed E-state index contributed by atoms with van der Waals surface area (Å²) in [6, 6.07) is 5.44. The van der Waals surface area contributed by atoms with Gasteiger partial charge >= 0.3 is 0 Å². The third-order valence-electron chi connectivity index (χ3n) is 1.54. The largest absolute Gasteiger partial charge is 0.444 e. The molecule has 1 unspecified atom stereocenters. The number of nitro groups is 1. The molecule has 74 valence electrons. The van der Waals surface area contributed by atoms with Crippen molar-refractivity contribution in [2.45, 2.75) is 5.56 Å². The number of halogens is 1. The molecular formula is C8H6ClNO4. The van der Waals surface area contributed by atoms with Crippen LogP contribution in [0.3, 0.4) is 0 Å². The van der Waals surface area contributed by atoms with Gasteiger partial charge in [-0.25, -0.2) is 0 Å². The highest BCUT2D eigenvalue weighted by molar-refractivity contribution is 6.20. The van der Waals surface area contributed by atoms with Crippen molar-refractivity contribution >= 4 is 23.8 Å². The van der Waals surface area contributed by atoms with Crippen LogP contribution < -0.4 is 0 Å². The SMILES string of the molecule is O=COC(Cl)c1ccc([N+](=O)[O-])cc1. The molecule has 0 bridgehead atoms. The zero-order valence-electron chi connectivity index (χ0n) is 6.92. The number of alkyl halides is 1. The lowest BCUT2D eigenvalue weighted by Crippen LogP contribution is -1.95. The summed E-state index contributed by atoms with van der Waals surface area (Å²) in [6.45, 7) is 0.221. The molecule has 0 aliphatic rings. The van der Waals surface area contributed by atoms with Crippen molar-refractivity contribution in [2.75, 3.05) is 0 Å². The summed E-state index contributed by atoms with van der Waals surface area (Å²) in [7, 11) is 0. The molecule has 0 fully saturated rings. The minimum absolute atomic E-state index is 0.0382. The van der Waals surface area contributed by atoms with Crippen molar-refractivity contribution in [1.82, 2.24) is 0 Å². The first-order valence-electron chi connectivity index (χ1n) is 3.62. The molecule has 1 aromatic rings. The van der Waals surface area contributed by atoms with E-state index in [9.17, 15) is 14.9 Å². The minimum atomic E-state index is -0.909. The standard InChI is InChI=1S/C8H6ClNO4/c9-8(14-5-11)6-1-3-7(4-2-6)10(12)13/h1-5,8H. The summed E-state index contributed by atoms with van der Waals surface area (Å²) in [5, 5.41) is 10.3. The average Bonchev–Trinajstić information content (AvgIpc) is 2.18. The first-order chi connectivity index (χ1) is 6.65. The number of rotatable bonds is 4. The molecule has 0 aliphatic heterocycles. The Balaban J connectivity index is 2.82. The third-order valence-corrected chi connectivity index (χ3v) is 1.90. The molecule has 14 heavy (non-hydrogen) atoms. The average molecular weight is 216 g/mol. The Morgan fingerprint density at radius 1 is 1.43 bits per heavy atom. The van der Waals surface area contributed by atoms with Gasteiger partial charge in [-0.05, 0) is 12.1 Å². The summed E-state index contributed by atoms with van der Waals surface area (Å²) in [4.78, 5) is 19.7. The van der Waals surface area contributed by atoms with Crippen LogP contribution in [0.2, 0.25) is 0 Å². The molecule has 0 heterocycles. The topological polar surface area (TPSA) is 69.4 Å². The van der Waals surface area contributed by atoms with Crippen molar-refractivity contribution in [2.24, 2.45) is 0 Å². The van der Waals surface area contributed by atoms with Crippen LogP contribution in [0.15, 0.2) is 24.3 Å². The molecule has 0 saturated heterocycles. The molecule has 0 saturated carbocycles. The van der Waals surface area contributed by atoms with Crippen LogP contribution >= 0.6 is 11.6 Å². The molecular weight excluding hydrogens is 210 g/mol. The predicted octanol–water partition coefficient (Wildman–Crippen LogP) is 2.01. The highest BCUT2D eigenvalue weighted by Gasteiger charge is 2.10. The Labute approximate surface area is 84.4 Å². The Bertz CT molecular complexity index is 338. The van der Waals surface area contributed by atoms with E-state index in [0.29, 0.717) is 5.56 Å². The van der Waals surface area contributed by atoms with Gasteiger partial charge in [0.2, 0.25) is 5.56 Å². The van der Waals surface area contributed by atoms with Gasteiger partial charge < -0.3 is 4.74 Å². The molecule has 6 heteroatoms. The van der Waals surface area contributed by atoms with Gasteiger partial charge in [-0.15, -0.1) is 0 Å². The number of carbonyl (C=O) groups excluding carboxylic acids is 1. The second-order valence-corrected chi connectivity index (χ2v) is 2.79. The zero-order valence-corrected chi connectivity index (χ0v) is 7.68. The highest BCUT2D eigenvalue weighted by atomic mass is 35.5. The van der Waals surface area contributed by atoms with Gasteiger partial charge in [0, 0.05) is 17.7 Å². The second kappa shape index (κ2) is 4.57. The molecule has 1 aromatic carbocycles. The fourth-order valence-corrected chi connectivity index (χ4v) is 1.06. The van der Waals surface area contributed by atoms with Crippen molar-refractivity contribution in [1.29, 1.82) is 0 Å². The van der Waals surface area contributed by atoms with Crippen molar-refractivity contribution < 1.29 is 14.5 Å². The van der Waals surface area contributed by atoms with Crippen LogP contribution in [0.5, 0.6) is 0 Å². The van der Waals surface area contributed by atoms with Gasteiger partial charge in [-0.1, -0.05) is 11.6 Å². The Morgan fingerprint density at radius 2 is 2.00 bits per heavy atom. The summed E-state index contributed by atoms with van der Waals surface area (Å²) in [5.41, 5.74) is -0.457. The fraction of sp³-hybridized carbons (Fsp3) is 0.125. The fourth-order valence-electron chi connectivity index (χ4n) is 0.875. The van der Waals surface area contributed by atoms with Gasteiger partial charge in [-0.3, -0.25) is 14.9 Å². The number of hydrogen-bond donors (Lipinski definition) is 0. The third kappa shape index (κ3) is 2.43. The second-order valence-electron chi connectivity index (χ2n) is 2.40. The van der Waals surface area contributed by atoms with E-state index < -0.39 is 10.5 Å². The first-order valence-corrected chi connectivity index (χ1v) is 4.06. The van der Waals surface area contributed by atoms with E-state index in [4.69, 9.17) is 11.6 Å². The minimum Gasteiger partial charge on any atom is -0.444 e. The number of benzene rings is 1. The Kier molecular flexibility index (Phi) is 3.41.